The molecule has 4 aromatic rings. The number of aromatic nitrogens is 2. The number of pyridine rings is 1. The lowest BCUT2D eigenvalue weighted by Gasteiger charge is -2.28. The fraction of sp³-hybridized carbons (Fsp3) is 0.281. The van der Waals surface area contributed by atoms with Crippen molar-refractivity contribution < 1.29 is 9.53 Å². The van der Waals surface area contributed by atoms with Gasteiger partial charge in [0.15, 0.2) is 5.11 Å². The van der Waals surface area contributed by atoms with Crippen molar-refractivity contribution in [3.8, 4) is 11.4 Å². The van der Waals surface area contributed by atoms with Crippen LogP contribution >= 0.6 is 12.2 Å². The van der Waals surface area contributed by atoms with Crippen LogP contribution < -0.4 is 15.4 Å². The molecule has 0 unspecified atom stereocenters. The van der Waals surface area contributed by atoms with Gasteiger partial charge in [-0.1, -0.05) is 24.3 Å². The number of ether oxygens (including phenoxy) is 1. The van der Waals surface area contributed by atoms with Crippen LogP contribution in [0, 0.1) is 27.7 Å². The molecule has 0 bridgehead atoms. The Hall–Kier alpha value is -4.17. The average Bonchev–Trinajstić information content (AvgIpc) is 3.41. The number of rotatable bonds is 8. The molecule has 1 saturated heterocycles. The number of para-hydroxylation sites is 2. The number of nitrogens with one attached hydrogen (secondary N) is 2. The lowest BCUT2D eigenvalue weighted by molar-refractivity contribution is -0.116. The Morgan fingerprint density at radius 1 is 1.02 bits per heavy atom. The maximum atomic E-state index is 13.0. The van der Waals surface area contributed by atoms with Gasteiger partial charge in [-0.25, -0.2) is 0 Å². The quantitative estimate of drug-likeness (QED) is 0.256. The number of aryl methyl sites for hydroxylation is 3. The average molecular weight is 554 g/mol. The summed E-state index contributed by atoms with van der Waals surface area (Å²) >= 11 is 5.85. The number of carbonyl (C=O) groups is 1. The molecule has 1 aliphatic heterocycles. The fourth-order valence-electron chi connectivity index (χ4n) is 5.73. The Labute approximate surface area is 241 Å². The van der Waals surface area contributed by atoms with E-state index in [1.54, 1.807) is 13.3 Å². The van der Waals surface area contributed by atoms with Gasteiger partial charge in [0.05, 0.1) is 30.6 Å². The number of benzene rings is 2. The van der Waals surface area contributed by atoms with Crippen LogP contribution in [0.5, 0.6) is 5.75 Å². The first-order chi connectivity index (χ1) is 19.3. The van der Waals surface area contributed by atoms with E-state index in [0.29, 0.717) is 23.1 Å². The first kappa shape index (κ1) is 27.4. The number of methoxy groups -OCH3 is 1. The minimum Gasteiger partial charge on any atom is -0.495 e. The summed E-state index contributed by atoms with van der Waals surface area (Å²) in [5.74, 6) is 0.522. The molecule has 7 nitrogen and oxygen atoms in total. The zero-order valence-corrected chi connectivity index (χ0v) is 24.4. The van der Waals surface area contributed by atoms with Crippen molar-refractivity contribution in [2.24, 2.45) is 0 Å². The number of anilines is 1. The fourth-order valence-corrected chi connectivity index (χ4v) is 6.06. The molecule has 2 atom stereocenters. The van der Waals surface area contributed by atoms with E-state index < -0.39 is 0 Å². The molecule has 206 valence electrons. The van der Waals surface area contributed by atoms with E-state index in [-0.39, 0.29) is 24.4 Å². The molecule has 0 spiro atoms. The number of carbonyl (C=O) groups excluding carboxylic acids is 1. The van der Waals surface area contributed by atoms with E-state index in [4.69, 9.17) is 17.0 Å². The van der Waals surface area contributed by atoms with Crippen LogP contribution in [0.15, 0.2) is 72.9 Å². The zero-order chi connectivity index (χ0) is 28.4. The Kier molecular flexibility index (Phi) is 7.89. The van der Waals surface area contributed by atoms with Crippen LogP contribution in [0.3, 0.4) is 0 Å². The summed E-state index contributed by atoms with van der Waals surface area (Å²) in [7, 11) is 1.59. The molecule has 40 heavy (non-hydrogen) atoms. The first-order valence-electron chi connectivity index (χ1n) is 13.4. The van der Waals surface area contributed by atoms with Gasteiger partial charge in [0.1, 0.15) is 5.75 Å². The highest BCUT2D eigenvalue weighted by Crippen LogP contribution is 2.41. The summed E-state index contributed by atoms with van der Waals surface area (Å²) < 4.78 is 7.70. The van der Waals surface area contributed by atoms with E-state index >= 15 is 0 Å². The van der Waals surface area contributed by atoms with Gasteiger partial charge in [-0.3, -0.25) is 9.78 Å². The van der Waals surface area contributed by atoms with Crippen molar-refractivity contribution in [2.45, 2.75) is 46.2 Å². The molecule has 0 saturated carbocycles. The highest BCUT2D eigenvalue weighted by atomic mass is 32.1. The van der Waals surface area contributed by atoms with Crippen molar-refractivity contribution in [1.29, 1.82) is 0 Å². The molecule has 3 heterocycles. The third-order valence-corrected chi connectivity index (χ3v) is 7.76. The van der Waals surface area contributed by atoms with Crippen molar-refractivity contribution in [3.63, 3.8) is 0 Å². The summed E-state index contributed by atoms with van der Waals surface area (Å²) in [4.78, 5) is 19.8. The van der Waals surface area contributed by atoms with Crippen molar-refractivity contribution in [1.82, 2.24) is 19.8 Å². The molecule has 5 rings (SSSR count). The minimum atomic E-state index is -0.154. The third-order valence-electron chi connectivity index (χ3n) is 7.41. The van der Waals surface area contributed by atoms with Crippen LogP contribution in [-0.2, 0) is 4.79 Å². The van der Waals surface area contributed by atoms with Gasteiger partial charge in [0.25, 0.3) is 0 Å². The van der Waals surface area contributed by atoms with Crippen molar-refractivity contribution >= 4 is 28.9 Å². The molecule has 2 N–H and O–H groups in total. The van der Waals surface area contributed by atoms with Gasteiger partial charge in [-0.2, -0.15) is 0 Å². The largest absolute Gasteiger partial charge is 0.495 e. The topological polar surface area (TPSA) is 71.4 Å². The van der Waals surface area contributed by atoms with E-state index in [1.807, 2.05) is 42.5 Å². The standard InChI is InChI=1S/C32H35N5O2S/c1-20-16-21(2)18-24(17-20)37-22(3)19-25(23(37)4)31-30(27-11-8-9-14-33-27)35-32(40)36(31)15-13-29(38)34-26-10-6-7-12-28(26)39-5/h6-12,14,16-19,30-31H,13,15H2,1-5H3,(H,34,38)(H,35,40)/t30-,31+/m0/s1. The highest BCUT2D eigenvalue weighted by molar-refractivity contribution is 7.80. The second kappa shape index (κ2) is 11.5. The summed E-state index contributed by atoms with van der Waals surface area (Å²) in [6.45, 7) is 8.99. The Morgan fingerprint density at radius 2 is 1.75 bits per heavy atom. The molecule has 1 aliphatic rings. The van der Waals surface area contributed by atoms with Gasteiger partial charge in [-0.15, -0.1) is 0 Å². The summed E-state index contributed by atoms with van der Waals surface area (Å²) in [6.07, 6.45) is 2.07. The second-order valence-corrected chi connectivity index (χ2v) is 10.7. The number of amides is 1. The first-order valence-corrected chi connectivity index (χ1v) is 13.9. The number of nitrogens with zero attached hydrogens (tertiary/aromatic N) is 3. The van der Waals surface area contributed by atoms with Gasteiger partial charge < -0.3 is 24.8 Å². The van der Waals surface area contributed by atoms with Crippen molar-refractivity contribution in [3.05, 3.63) is 107 Å². The van der Waals surface area contributed by atoms with Gasteiger partial charge in [0, 0.05) is 36.2 Å². The third kappa shape index (κ3) is 5.45. The van der Waals surface area contributed by atoms with E-state index in [9.17, 15) is 4.79 Å². The number of thiocarbonyl (C=S) groups is 1. The lowest BCUT2D eigenvalue weighted by Crippen LogP contribution is -2.33. The zero-order valence-electron chi connectivity index (χ0n) is 23.6. The molecule has 2 aromatic carbocycles. The van der Waals surface area contributed by atoms with Crippen LogP contribution in [0.25, 0.3) is 5.69 Å². The maximum Gasteiger partial charge on any atom is 0.226 e. The summed E-state index contributed by atoms with van der Waals surface area (Å²) in [5.41, 5.74) is 8.59. The van der Waals surface area contributed by atoms with E-state index in [1.165, 1.54) is 11.1 Å². The van der Waals surface area contributed by atoms with Crippen LogP contribution in [0.1, 0.15) is 52.3 Å². The molecular weight excluding hydrogens is 518 g/mol. The molecule has 2 aromatic heterocycles. The summed E-state index contributed by atoms with van der Waals surface area (Å²) in [5, 5.41) is 7.10. The Balaban J connectivity index is 1.48. The number of hydrogen-bond acceptors (Lipinski definition) is 4. The summed E-state index contributed by atoms with van der Waals surface area (Å²) in [6, 6.07) is 21.9. The molecule has 0 aliphatic carbocycles. The van der Waals surface area contributed by atoms with Gasteiger partial charge in [0.2, 0.25) is 5.91 Å². The minimum absolute atomic E-state index is 0.104. The predicted octanol–water partition coefficient (Wildman–Crippen LogP) is 6.12. The Bertz CT molecular complexity index is 1530. The van der Waals surface area contributed by atoms with Crippen LogP contribution in [-0.4, -0.2) is 39.1 Å². The highest BCUT2D eigenvalue weighted by Gasteiger charge is 2.41. The van der Waals surface area contributed by atoms with Crippen molar-refractivity contribution in [2.75, 3.05) is 19.0 Å². The normalized spacial score (nSPS) is 16.6. The molecule has 0 radical (unpaired) electrons. The van der Waals surface area contributed by atoms with E-state index in [0.717, 1.165) is 28.3 Å². The second-order valence-electron chi connectivity index (χ2n) is 10.3. The molecular formula is C32H35N5O2S. The smallest absolute Gasteiger partial charge is 0.226 e. The van der Waals surface area contributed by atoms with Gasteiger partial charge >= 0.3 is 0 Å². The number of hydrogen-bond donors (Lipinski definition) is 2. The molecule has 1 fully saturated rings. The lowest BCUT2D eigenvalue weighted by atomic mass is 9.96. The molecule has 8 heteroatoms. The van der Waals surface area contributed by atoms with Crippen LogP contribution in [0.2, 0.25) is 0 Å². The SMILES string of the molecule is COc1ccccc1NC(=O)CCN1C(=S)N[C@@H](c2ccccn2)[C@H]1c1cc(C)n(-c2cc(C)cc(C)c2)c1C. The van der Waals surface area contributed by atoms with E-state index in [2.05, 4.69) is 77.0 Å². The van der Waals surface area contributed by atoms with Crippen LogP contribution in [0.4, 0.5) is 5.69 Å². The monoisotopic (exact) mass is 553 g/mol. The Morgan fingerprint density at radius 3 is 2.45 bits per heavy atom. The van der Waals surface area contributed by atoms with Gasteiger partial charge in [-0.05, 0) is 99.1 Å². The molecule has 1 amide bonds. The predicted molar refractivity (Wildman–Crippen MR) is 163 cm³/mol. The maximum absolute atomic E-state index is 13.0.